The minimum atomic E-state index is -0.513. The smallest absolute Gasteiger partial charge is 0.267 e. The molecule has 0 atom stereocenters. The monoisotopic (exact) mass is 354 g/mol. The van der Waals surface area contributed by atoms with Crippen LogP contribution in [0, 0.1) is 0 Å². The van der Waals surface area contributed by atoms with Crippen LogP contribution in [0.5, 0.6) is 0 Å². The molecule has 0 radical (unpaired) electrons. The number of carbonyl (C=O) groups is 2. The van der Waals surface area contributed by atoms with Crippen molar-refractivity contribution in [3.63, 3.8) is 0 Å². The van der Waals surface area contributed by atoms with Crippen LogP contribution in [0.1, 0.15) is 39.1 Å². The lowest BCUT2D eigenvalue weighted by Gasteiger charge is -2.05. The van der Waals surface area contributed by atoms with Gasteiger partial charge >= 0.3 is 0 Å². The number of amides is 2. The van der Waals surface area contributed by atoms with Gasteiger partial charge < -0.3 is 16.8 Å². The molecule has 2 heterocycles. The standard InChI is InChI=1S/C18H18N4O2S/c1-2-3-11-8-9-13-14(19)15(25-18(13)22-11)17(24)21-12-6-4-10(5-7-12)16(20)23/h4-9H,2-3,19H2,1H3,(H2,20,23)(H,21,24). The summed E-state index contributed by atoms with van der Waals surface area (Å²) in [5.41, 5.74) is 13.7. The van der Waals surface area contributed by atoms with Gasteiger partial charge in [-0.25, -0.2) is 4.98 Å². The fraction of sp³-hybridized carbons (Fsp3) is 0.167. The van der Waals surface area contributed by atoms with Gasteiger partial charge in [-0.3, -0.25) is 9.59 Å². The van der Waals surface area contributed by atoms with Gasteiger partial charge in [-0.15, -0.1) is 11.3 Å². The molecule has 1 aromatic carbocycles. The third kappa shape index (κ3) is 3.46. The summed E-state index contributed by atoms with van der Waals surface area (Å²) in [5, 5.41) is 3.57. The Morgan fingerprint density at radius 1 is 1.16 bits per heavy atom. The molecule has 0 fully saturated rings. The van der Waals surface area contributed by atoms with E-state index < -0.39 is 5.91 Å². The van der Waals surface area contributed by atoms with Crippen LogP contribution in [0.2, 0.25) is 0 Å². The molecule has 128 valence electrons. The largest absolute Gasteiger partial charge is 0.397 e. The first kappa shape index (κ1) is 16.9. The number of benzene rings is 1. The number of nitrogens with zero attached hydrogens (tertiary/aromatic N) is 1. The van der Waals surface area contributed by atoms with Crippen LogP contribution in [0.4, 0.5) is 11.4 Å². The third-order valence-corrected chi connectivity index (χ3v) is 4.91. The molecule has 2 amide bonds. The average Bonchev–Trinajstić information content (AvgIpc) is 2.92. The van der Waals surface area contributed by atoms with E-state index in [1.165, 1.54) is 11.3 Å². The number of nitrogen functional groups attached to an aromatic ring is 1. The molecular weight excluding hydrogens is 336 g/mol. The quantitative estimate of drug-likeness (QED) is 0.653. The third-order valence-electron chi connectivity index (χ3n) is 3.79. The highest BCUT2D eigenvalue weighted by Crippen LogP contribution is 2.33. The lowest BCUT2D eigenvalue weighted by atomic mass is 10.2. The average molecular weight is 354 g/mol. The highest BCUT2D eigenvalue weighted by atomic mass is 32.1. The number of nitrogens with one attached hydrogen (secondary N) is 1. The Morgan fingerprint density at radius 2 is 1.88 bits per heavy atom. The minimum absolute atomic E-state index is 0.302. The number of rotatable bonds is 5. The maximum atomic E-state index is 12.5. The maximum Gasteiger partial charge on any atom is 0.267 e. The predicted molar refractivity (Wildman–Crippen MR) is 101 cm³/mol. The van der Waals surface area contributed by atoms with Gasteiger partial charge in [0.2, 0.25) is 5.91 Å². The number of hydrogen-bond donors (Lipinski definition) is 3. The number of carbonyl (C=O) groups excluding carboxylic acids is 2. The number of thiophene rings is 1. The van der Waals surface area contributed by atoms with Gasteiger partial charge in [0.15, 0.2) is 0 Å². The zero-order valence-corrected chi connectivity index (χ0v) is 14.5. The normalized spacial score (nSPS) is 10.8. The lowest BCUT2D eigenvalue weighted by Crippen LogP contribution is -2.13. The summed E-state index contributed by atoms with van der Waals surface area (Å²) in [5.74, 6) is -0.815. The fourth-order valence-corrected chi connectivity index (χ4v) is 3.51. The molecule has 0 saturated carbocycles. The van der Waals surface area contributed by atoms with Gasteiger partial charge in [0.1, 0.15) is 9.71 Å². The summed E-state index contributed by atoms with van der Waals surface area (Å²) in [6, 6.07) is 10.2. The van der Waals surface area contributed by atoms with Crippen LogP contribution in [0.15, 0.2) is 36.4 Å². The highest BCUT2D eigenvalue weighted by Gasteiger charge is 2.17. The van der Waals surface area contributed by atoms with E-state index in [0.717, 1.165) is 28.8 Å². The van der Waals surface area contributed by atoms with Crippen molar-refractivity contribution < 1.29 is 9.59 Å². The Kier molecular flexibility index (Phi) is 4.67. The summed E-state index contributed by atoms with van der Waals surface area (Å²) < 4.78 is 0. The number of aromatic nitrogens is 1. The van der Waals surface area contributed by atoms with Gasteiger partial charge in [-0.05, 0) is 42.8 Å². The van der Waals surface area contributed by atoms with Crippen LogP contribution in [-0.2, 0) is 6.42 Å². The number of fused-ring (bicyclic) bond motifs is 1. The molecule has 3 rings (SSSR count). The van der Waals surface area contributed by atoms with Crippen molar-refractivity contribution in [1.82, 2.24) is 4.98 Å². The Labute approximate surface area is 148 Å². The molecule has 5 N–H and O–H groups in total. The molecular formula is C18H18N4O2S. The fourth-order valence-electron chi connectivity index (χ4n) is 2.51. The highest BCUT2D eigenvalue weighted by molar-refractivity contribution is 7.21. The van der Waals surface area contributed by atoms with E-state index in [1.807, 2.05) is 12.1 Å². The molecule has 3 aromatic rings. The molecule has 0 bridgehead atoms. The summed E-state index contributed by atoms with van der Waals surface area (Å²) >= 11 is 1.28. The van der Waals surface area contributed by atoms with E-state index in [0.29, 0.717) is 21.8 Å². The number of primary amides is 1. The Hall–Kier alpha value is -2.93. The molecule has 25 heavy (non-hydrogen) atoms. The molecule has 6 nitrogen and oxygen atoms in total. The van der Waals surface area contributed by atoms with Crippen molar-refractivity contribution >= 4 is 44.7 Å². The van der Waals surface area contributed by atoms with Gasteiger partial charge in [0, 0.05) is 22.3 Å². The number of aryl methyl sites for hydroxylation is 1. The van der Waals surface area contributed by atoms with Gasteiger partial charge in [-0.2, -0.15) is 0 Å². The van der Waals surface area contributed by atoms with E-state index in [4.69, 9.17) is 11.5 Å². The summed E-state index contributed by atoms with van der Waals surface area (Å²) in [7, 11) is 0. The van der Waals surface area contributed by atoms with Gasteiger partial charge in [0.25, 0.3) is 5.91 Å². The van der Waals surface area contributed by atoms with Crippen molar-refractivity contribution in [3.8, 4) is 0 Å². The van der Waals surface area contributed by atoms with Crippen molar-refractivity contribution in [1.29, 1.82) is 0 Å². The van der Waals surface area contributed by atoms with Crippen LogP contribution in [0.3, 0.4) is 0 Å². The first-order chi connectivity index (χ1) is 12.0. The Morgan fingerprint density at radius 3 is 2.52 bits per heavy atom. The first-order valence-corrected chi connectivity index (χ1v) is 8.70. The molecule has 0 aliphatic carbocycles. The second-order valence-corrected chi connectivity index (χ2v) is 6.64. The second-order valence-electron chi connectivity index (χ2n) is 5.65. The van der Waals surface area contributed by atoms with Gasteiger partial charge in [0.05, 0.1) is 5.69 Å². The maximum absolute atomic E-state index is 12.5. The van der Waals surface area contributed by atoms with E-state index >= 15 is 0 Å². The van der Waals surface area contributed by atoms with Crippen LogP contribution < -0.4 is 16.8 Å². The van der Waals surface area contributed by atoms with E-state index in [1.54, 1.807) is 24.3 Å². The summed E-state index contributed by atoms with van der Waals surface area (Å²) in [4.78, 5) is 29.4. The summed E-state index contributed by atoms with van der Waals surface area (Å²) in [6.45, 7) is 2.09. The van der Waals surface area contributed by atoms with Crippen molar-refractivity contribution in [2.75, 3.05) is 11.1 Å². The molecule has 0 aliphatic rings. The van der Waals surface area contributed by atoms with E-state index in [9.17, 15) is 9.59 Å². The van der Waals surface area contributed by atoms with Gasteiger partial charge in [-0.1, -0.05) is 13.3 Å². The van der Waals surface area contributed by atoms with E-state index in [-0.39, 0.29) is 5.91 Å². The number of pyridine rings is 1. The lowest BCUT2D eigenvalue weighted by molar-refractivity contribution is 0.0998. The number of anilines is 2. The first-order valence-electron chi connectivity index (χ1n) is 7.88. The zero-order valence-electron chi connectivity index (χ0n) is 13.7. The van der Waals surface area contributed by atoms with Crippen molar-refractivity contribution in [3.05, 3.63) is 52.5 Å². The van der Waals surface area contributed by atoms with Crippen LogP contribution in [-0.4, -0.2) is 16.8 Å². The zero-order chi connectivity index (χ0) is 18.0. The molecule has 7 heteroatoms. The van der Waals surface area contributed by atoms with Crippen molar-refractivity contribution in [2.24, 2.45) is 5.73 Å². The number of nitrogens with two attached hydrogens (primary N) is 2. The van der Waals surface area contributed by atoms with Crippen LogP contribution in [0.25, 0.3) is 10.2 Å². The topological polar surface area (TPSA) is 111 Å². The SMILES string of the molecule is CCCc1ccc2c(N)c(C(=O)Nc3ccc(C(N)=O)cc3)sc2n1. The van der Waals surface area contributed by atoms with Crippen LogP contribution >= 0.6 is 11.3 Å². The summed E-state index contributed by atoms with van der Waals surface area (Å²) in [6.07, 6.45) is 1.90. The van der Waals surface area contributed by atoms with Crippen molar-refractivity contribution in [2.45, 2.75) is 19.8 Å². The molecule has 0 spiro atoms. The van der Waals surface area contributed by atoms with E-state index in [2.05, 4.69) is 17.2 Å². The molecule has 0 unspecified atom stereocenters. The Balaban J connectivity index is 1.86. The molecule has 2 aromatic heterocycles. The predicted octanol–water partition coefficient (Wildman–Crippen LogP) is 3.18. The Bertz CT molecular complexity index is 948. The second kappa shape index (κ2) is 6.90. The number of hydrogen-bond acceptors (Lipinski definition) is 5. The minimum Gasteiger partial charge on any atom is -0.397 e. The molecule has 0 aliphatic heterocycles. The molecule has 0 saturated heterocycles.